The minimum absolute atomic E-state index is 0.0255. The maximum atomic E-state index is 13.2. The third-order valence-electron chi connectivity index (χ3n) is 6.56. The third kappa shape index (κ3) is 7.35. The molecule has 1 aliphatic heterocycles. The molecule has 0 aliphatic carbocycles. The van der Waals surface area contributed by atoms with Crippen LogP contribution in [0.15, 0.2) is 18.2 Å². The van der Waals surface area contributed by atoms with Gasteiger partial charge in [0.1, 0.15) is 5.82 Å². The van der Waals surface area contributed by atoms with Crippen LogP contribution in [0.5, 0.6) is 0 Å². The van der Waals surface area contributed by atoms with Crippen LogP contribution < -0.4 is 15.1 Å². The van der Waals surface area contributed by atoms with Crippen LogP contribution in [0, 0.1) is 12.8 Å². The van der Waals surface area contributed by atoms with E-state index in [0.717, 1.165) is 54.7 Å². The smallest absolute Gasteiger partial charge is 0.452 e. The van der Waals surface area contributed by atoms with E-state index < -0.39 is 18.0 Å². The maximum absolute atomic E-state index is 13.2. The Morgan fingerprint density at radius 2 is 1.90 bits per heavy atom. The Morgan fingerprint density at radius 1 is 1.18 bits per heavy atom. The van der Waals surface area contributed by atoms with Crippen molar-refractivity contribution in [3.8, 4) is 0 Å². The van der Waals surface area contributed by atoms with Gasteiger partial charge in [-0.05, 0) is 49.3 Å². The molecule has 39 heavy (non-hydrogen) atoms. The fraction of sp³-hybridized carbons (Fsp3) is 0.560. The van der Waals surface area contributed by atoms with Gasteiger partial charge in [-0.25, -0.2) is 4.98 Å². The number of aryl methyl sites for hydroxylation is 1. The van der Waals surface area contributed by atoms with Gasteiger partial charge in [-0.2, -0.15) is 26.9 Å². The van der Waals surface area contributed by atoms with Crippen LogP contribution in [0.25, 0.3) is 0 Å². The highest BCUT2D eigenvalue weighted by Gasteiger charge is 2.36. The summed E-state index contributed by atoms with van der Waals surface area (Å²) in [4.78, 5) is 24.1. The summed E-state index contributed by atoms with van der Waals surface area (Å²) in [6, 6.07) is 5.86. The van der Waals surface area contributed by atoms with E-state index in [-0.39, 0.29) is 23.5 Å². The minimum Gasteiger partial charge on any atom is -0.481 e. The number of nitrogens with one attached hydrogen (secondary N) is 1. The molecular weight excluding hydrogens is 551 g/mol. The van der Waals surface area contributed by atoms with Gasteiger partial charge in [-0.1, -0.05) is 26.8 Å². The topological polar surface area (TPSA) is 107 Å². The number of carboxylic acids is 1. The van der Waals surface area contributed by atoms with E-state index in [9.17, 15) is 23.1 Å². The number of carbonyl (C=O) groups is 1. The molecule has 0 unspecified atom stereocenters. The van der Waals surface area contributed by atoms with E-state index >= 15 is 0 Å². The summed E-state index contributed by atoms with van der Waals surface area (Å²) in [5, 5.41) is 13.3. The van der Waals surface area contributed by atoms with Gasteiger partial charge in [0.05, 0.1) is 17.8 Å². The number of alkyl halides is 3. The summed E-state index contributed by atoms with van der Waals surface area (Å²) in [7, 11) is 0. The number of nitrogens with zero attached hydrogens (tertiary/aromatic N) is 6. The molecule has 1 aromatic carbocycles. The number of anilines is 4. The number of piperidine rings is 1. The largest absolute Gasteiger partial charge is 0.481 e. The molecule has 0 amide bonds. The van der Waals surface area contributed by atoms with E-state index in [1.807, 2.05) is 32.0 Å². The Bertz CT molecular complexity index is 1270. The van der Waals surface area contributed by atoms with E-state index in [2.05, 4.69) is 47.7 Å². The number of halogens is 3. The fourth-order valence-corrected chi connectivity index (χ4v) is 6.04. The SMILES string of the molecule is Cc1nsc(N2CCC(N(CC(C)C)c3ccc([C@H](C)CC(=O)O)cc3Nc3nc(C(F)(F)F)ns3)CC2)n1. The second kappa shape index (κ2) is 12.0. The first-order valence-corrected chi connectivity index (χ1v) is 14.3. The van der Waals surface area contributed by atoms with Crippen molar-refractivity contribution in [3.05, 3.63) is 35.4 Å². The molecule has 3 heterocycles. The number of aromatic nitrogens is 4. The third-order valence-corrected chi connectivity index (χ3v) is 8.05. The molecule has 1 aliphatic rings. The Hall–Kier alpha value is -3.00. The van der Waals surface area contributed by atoms with Crippen molar-refractivity contribution in [1.29, 1.82) is 0 Å². The van der Waals surface area contributed by atoms with Crippen LogP contribution >= 0.6 is 23.1 Å². The second-order valence-electron chi connectivity index (χ2n) is 10.2. The lowest BCUT2D eigenvalue weighted by atomic mass is 9.95. The summed E-state index contributed by atoms with van der Waals surface area (Å²) in [5.74, 6) is -1.30. The van der Waals surface area contributed by atoms with E-state index in [0.29, 0.717) is 23.1 Å². The standard InChI is InChI=1S/C25H32F3N7O2S2/c1-14(2)13-35(18-7-9-34(10-8-18)24-29-16(4)32-39-24)20-6-5-17(15(3)11-21(36)37)12-19(20)30-23-31-22(33-38-23)25(26,27)28/h5-6,12,14-15,18H,7-11,13H2,1-4H3,(H,36,37)(H,30,31,33)/t15-/m1/s1. The van der Waals surface area contributed by atoms with Gasteiger partial charge in [0.15, 0.2) is 0 Å². The highest BCUT2D eigenvalue weighted by atomic mass is 32.1. The molecule has 2 N–H and O–H groups in total. The second-order valence-corrected chi connectivity index (χ2v) is 11.7. The molecule has 3 aromatic rings. The fourth-order valence-electron chi connectivity index (χ4n) is 4.72. The zero-order chi connectivity index (χ0) is 28.3. The summed E-state index contributed by atoms with van der Waals surface area (Å²) in [6.07, 6.45) is -2.95. The lowest BCUT2D eigenvalue weighted by Crippen LogP contribution is -2.46. The van der Waals surface area contributed by atoms with Crippen LogP contribution in [-0.4, -0.2) is 55.5 Å². The monoisotopic (exact) mass is 583 g/mol. The Morgan fingerprint density at radius 3 is 2.46 bits per heavy atom. The molecule has 1 saturated heterocycles. The molecule has 2 aromatic heterocycles. The lowest BCUT2D eigenvalue weighted by molar-refractivity contribution is -0.144. The first-order valence-electron chi connectivity index (χ1n) is 12.8. The molecule has 0 bridgehead atoms. The molecule has 9 nitrogen and oxygen atoms in total. The van der Waals surface area contributed by atoms with Crippen molar-refractivity contribution in [2.75, 3.05) is 34.8 Å². The van der Waals surface area contributed by atoms with Gasteiger partial charge in [0.2, 0.25) is 16.1 Å². The van der Waals surface area contributed by atoms with Gasteiger partial charge in [-0.3, -0.25) is 4.79 Å². The van der Waals surface area contributed by atoms with Crippen LogP contribution in [0.4, 0.5) is 34.8 Å². The van der Waals surface area contributed by atoms with Crippen molar-refractivity contribution in [3.63, 3.8) is 0 Å². The lowest BCUT2D eigenvalue weighted by Gasteiger charge is -2.41. The van der Waals surface area contributed by atoms with Crippen molar-refractivity contribution in [1.82, 2.24) is 18.7 Å². The predicted molar refractivity (Wildman–Crippen MR) is 147 cm³/mol. The first-order chi connectivity index (χ1) is 18.4. The molecule has 1 atom stereocenters. The predicted octanol–water partition coefficient (Wildman–Crippen LogP) is 6.17. The quantitative estimate of drug-likeness (QED) is 0.290. The highest BCUT2D eigenvalue weighted by Crippen LogP contribution is 2.38. The average Bonchev–Trinajstić information content (AvgIpc) is 3.51. The Balaban J connectivity index is 1.65. The van der Waals surface area contributed by atoms with Gasteiger partial charge in [0.25, 0.3) is 0 Å². The normalized spacial score (nSPS) is 15.5. The van der Waals surface area contributed by atoms with Gasteiger partial charge < -0.3 is 20.2 Å². The summed E-state index contributed by atoms with van der Waals surface area (Å²) in [5.41, 5.74) is 2.19. The number of benzene rings is 1. The minimum atomic E-state index is -4.64. The molecule has 0 radical (unpaired) electrons. The van der Waals surface area contributed by atoms with Gasteiger partial charge in [-0.15, -0.1) is 0 Å². The van der Waals surface area contributed by atoms with Crippen LogP contribution in [0.2, 0.25) is 0 Å². The molecule has 4 rings (SSSR count). The zero-order valence-electron chi connectivity index (χ0n) is 22.2. The average molecular weight is 584 g/mol. The van der Waals surface area contributed by atoms with Crippen molar-refractivity contribution < 1.29 is 23.1 Å². The van der Waals surface area contributed by atoms with Crippen LogP contribution in [0.3, 0.4) is 0 Å². The maximum Gasteiger partial charge on any atom is 0.452 e. The number of hydrogen-bond donors (Lipinski definition) is 2. The molecule has 212 valence electrons. The molecule has 0 saturated carbocycles. The van der Waals surface area contributed by atoms with Crippen molar-refractivity contribution in [2.24, 2.45) is 5.92 Å². The summed E-state index contributed by atoms with van der Waals surface area (Å²) < 4.78 is 47.2. The van der Waals surface area contributed by atoms with Crippen molar-refractivity contribution >= 4 is 50.7 Å². The number of hydrogen-bond acceptors (Lipinski definition) is 10. The van der Waals surface area contributed by atoms with Crippen LogP contribution in [-0.2, 0) is 11.0 Å². The first kappa shape index (κ1) is 29.0. The summed E-state index contributed by atoms with van der Waals surface area (Å²) >= 11 is 2.04. The molecule has 1 fully saturated rings. The van der Waals surface area contributed by atoms with E-state index in [4.69, 9.17) is 0 Å². The zero-order valence-corrected chi connectivity index (χ0v) is 23.8. The summed E-state index contributed by atoms with van der Waals surface area (Å²) in [6.45, 7) is 10.3. The number of rotatable bonds is 10. The van der Waals surface area contributed by atoms with E-state index in [1.165, 1.54) is 11.5 Å². The van der Waals surface area contributed by atoms with Gasteiger partial charge >= 0.3 is 12.1 Å². The van der Waals surface area contributed by atoms with Gasteiger partial charge in [0, 0.05) is 48.7 Å². The Labute approximate surface area is 233 Å². The molecule has 14 heteroatoms. The highest BCUT2D eigenvalue weighted by molar-refractivity contribution is 7.10. The van der Waals surface area contributed by atoms with E-state index in [1.54, 1.807) is 0 Å². The molecular formula is C25H32F3N7O2S2. The van der Waals surface area contributed by atoms with Crippen molar-refractivity contribution in [2.45, 2.75) is 65.1 Å². The Kier molecular flexibility index (Phi) is 8.94. The molecule has 0 spiro atoms. The number of carboxylic acid groups (broad SMARTS) is 1. The number of aliphatic carboxylic acids is 1. The van der Waals surface area contributed by atoms with Crippen LogP contribution in [0.1, 0.15) is 63.2 Å².